The maximum atomic E-state index is 12.1. The van der Waals surface area contributed by atoms with Gasteiger partial charge in [-0.1, -0.05) is 28.8 Å². The van der Waals surface area contributed by atoms with Crippen molar-refractivity contribution in [3.63, 3.8) is 0 Å². The third-order valence-corrected chi connectivity index (χ3v) is 6.79. The van der Waals surface area contributed by atoms with Crippen molar-refractivity contribution in [3.8, 4) is 0 Å². The molecule has 1 amide bonds. The van der Waals surface area contributed by atoms with Crippen LogP contribution in [0.4, 0.5) is 0 Å². The predicted octanol–water partition coefficient (Wildman–Crippen LogP) is 4.96. The normalized spacial score (nSPS) is 23.9. The highest BCUT2D eigenvalue weighted by Gasteiger charge is 2.23. The summed E-state index contributed by atoms with van der Waals surface area (Å²) in [7, 11) is 0. The Labute approximate surface area is 136 Å². The zero-order valence-corrected chi connectivity index (χ0v) is 15.3. The van der Waals surface area contributed by atoms with Gasteiger partial charge in [-0.2, -0.15) is 0 Å². The van der Waals surface area contributed by atoms with Gasteiger partial charge in [-0.25, -0.2) is 0 Å². The Morgan fingerprint density at radius 1 is 1.39 bits per heavy atom. The van der Waals surface area contributed by atoms with Gasteiger partial charge in [0.15, 0.2) is 0 Å². The molecule has 0 spiro atoms. The third kappa shape index (κ3) is 3.81. The Kier molecular flexibility index (Phi) is 5.72. The lowest BCUT2D eigenvalue weighted by atomic mass is 9.89. The van der Waals surface area contributed by atoms with Crippen LogP contribution in [0.2, 0.25) is 0 Å². The Morgan fingerprint density at radius 3 is 2.72 bits per heavy atom. The number of carbonyl (C=O) groups is 1. The van der Waals surface area contributed by atoms with Gasteiger partial charge in [-0.15, -0.1) is 11.3 Å². The molecule has 0 aliphatic heterocycles. The van der Waals surface area contributed by atoms with Crippen LogP contribution in [-0.4, -0.2) is 17.3 Å². The molecule has 1 fully saturated rings. The lowest BCUT2D eigenvalue weighted by molar-refractivity contribution is 0.0944. The van der Waals surface area contributed by atoms with Gasteiger partial charge in [-0.05, 0) is 56.7 Å². The molecule has 1 aliphatic carbocycles. The summed E-state index contributed by atoms with van der Waals surface area (Å²) in [6.45, 7) is 0.759. The minimum atomic E-state index is 0.00842. The number of nitrogens with one attached hydrogen (secondary N) is 1. The van der Waals surface area contributed by atoms with Crippen molar-refractivity contribution in [2.75, 3.05) is 6.54 Å². The second-order valence-corrected chi connectivity index (χ2v) is 9.43. The molecule has 2 atom stereocenters. The molecule has 1 aliphatic rings. The molecule has 0 saturated heterocycles. The molecular weight excluding hydrogens is 446 g/mol. The monoisotopic (exact) mass is 457 g/mol. The lowest BCUT2D eigenvalue weighted by Crippen LogP contribution is -2.34. The van der Waals surface area contributed by atoms with Crippen LogP contribution in [0.5, 0.6) is 0 Å². The number of thiophene rings is 1. The molecular formula is C12H14Br3NOS. The fraction of sp³-hybridized carbons (Fsp3) is 0.583. The van der Waals surface area contributed by atoms with Crippen LogP contribution < -0.4 is 5.32 Å². The van der Waals surface area contributed by atoms with Gasteiger partial charge in [0, 0.05) is 11.4 Å². The molecule has 2 unspecified atom stereocenters. The first-order valence-corrected chi connectivity index (χ1v) is 9.27. The van der Waals surface area contributed by atoms with Gasteiger partial charge >= 0.3 is 0 Å². The van der Waals surface area contributed by atoms with E-state index < -0.39 is 0 Å². The summed E-state index contributed by atoms with van der Waals surface area (Å²) in [5.41, 5.74) is 0.716. The van der Waals surface area contributed by atoms with Gasteiger partial charge in [0.1, 0.15) is 0 Å². The van der Waals surface area contributed by atoms with E-state index in [0.717, 1.165) is 14.1 Å². The molecule has 2 nitrogen and oxygen atoms in total. The van der Waals surface area contributed by atoms with E-state index in [1.165, 1.54) is 37.0 Å². The van der Waals surface area contributed by atoms with Gasteiger partial charge in [0.25, 0.3) is 5.91 Å². The van der Waals surface area contributed by atoms with Gasteiger partial charge in [-0.3, -0.25) is 4.79 Å². The quantitative estimate of drug-likeness (QED) is 0.636. The summed E-state index contributed by atoms with van der Waals surface area (Å²) in [6.07, 6.45) is 4.98. The van der Waals surface area contributed by atoms with E-state index in [2.05, 4.69) is 53.1 Å². The highest BCUT2D eigenvalue weighted by Crippen LogP contribution is 2.32. The van der Waals surface area contributed by atoms with Crippen molar-refractivity contribution < 1.29 is 4.79 Å². The number of carbonyl (C=O) groups excluding carboxylic acids is 1. The van der Waals surface area contributed by atoms with Gasteiger partial charge in [0.2, 0.25) is 0 Å². The topological polar surface area (TPSA) is 29.1 Å². The summed E-state index contributed by atoms with van der Waals surface area (Å²) in [5, 5.41) is 3.04. The molecule has 0 bridgehead atoms. The van der Waals surface area contributed by atoms with Crippen LogP contribution in [0, 0.1) is 5.92 Å². The minimum Gasteiger partial charge on any atom is -0.352 e. The molecule has 1 aromatic rings. The molecule has 1 heterocycles. The Balaban J connectivity index is 1.90. The maximum Gasteiger partial charge on any atom is 0.253 e. The SMILES string of the molecule is O=C(NCC1CCCCC1Br)c1cc(Br)sc1Br. The number of rotatable bonds is 3. The van der Waals surface area contributed by atoms with E-state index in [9.17, 15) is 4.79 Å². The van der Waals surface area contributed by atoms with Crippen LogP contribution in [-0.2, 0) is 0 Å². The molecule has 18 heavy (non-hydrogen) atoms. The molecule has 1 saturated carbocycles. The van der Waals surface area contributed by atoms with Crippen molar-refractivity contribution in [1.29, 1.82) is 0 Å². The number of hydrogen-bond donors (Lipinski definition) is 1. The van der Waals surface area contributed by atoms with E-state index in [0.29, 0.717) is 16.3 Å². The molecule has 2 rings (SSSR count). The van der Waals surface area contributed by atoms with E-state index in [1.54, 1.807) is 0 Å². The fourth-order valence-corrected chi connectivity index (χ4v) is 5.77. The van der Waals surface area contributed by atoms with E-state index in [-0.39, 0.29) is 5.91 Å². The van der Waals surface area contributed by atoms with Crippen molar-refractivity contribution in [2.45, 2.75) is 30.5 Å². The first-order chi connectivity index (χ1) is 8.58. The van der Waals surface area contributed by atoms with Crippen LogP contribution in [0.15, 0.2) is 13.6 Å². The second kappa shape index (κ2) is 6.86. The van der Waals surface area contributed by atoms with Crippen molar-refractivity contribution in [1.82, 2.24) is 5.32 Å². The van der Waals surface area contributed by atoms with Crippen LogP contribution in [0.3, 0.4) is 0 Å². The summed E-state index contributed by atoms with van der Waals surface area (Å²) < 4.78 is 1.85. The smallest absolute Gasteiger partial charge is 0.253 e. The molecule has 100 valence electrons. The lowest BCUT2D eigenvalue weighted by Gasteiger charge is -2.27. The highest BCUT2D eigenvalue weighted by molar-refractivity contribution is 9.12. The summed E-state index contributed by atoms with van der Waals surface area (Å²) in [6, 6.07) is 1.86. The van der Waals surface area contributed by atoms with E-state index >= 15 is 0 Å². The maximum absolute atomic E-state index is 12.1. The Bertz CT molecular complexity index is 435. The van der Waals surface area contributed by atoms with Crippen molar-refractivity contribution in [3.05, 3.63) is 19.2 Å². The van der Waals surface area contributed by atoms with Crippen LogP contribution in [0.25, 0.3) is 0 Å². The van der Waals surface area contributed by atoms with Crippen molar-refractivity contribution >= 4 is 65.0 Å². The summed E-state index contributed by atoms with van der Waals surface area (Å²) in [4.78, 5) is 12.6. The largest absolute Gasteiger partial charge is 0.352 e. The fourth-order valence-electron chi connectivity index (χ4n) is 2.21. The average molecular weight is 460 g/mol. The van der Waals surface area contributed by atoms with Crippen LogP contribution in [0.1, 0.15) is 36.0 Å². The van der Waals surface area contributed by atoms with Crippen LogP contribution >= 0.6 is 59.1 Å². The Hall–Kier alpha value is 0.610. The standard InChI is InChI=1S/C12H14Br3NOS/c13-9-4-2-1-3-7(9)6-16-12(17)8-5-10(14)18-11(8)15/h5,7,9H,1-4,6H2,(H,16,17). The molecule has 1 N–H and O–H groups in total. The predicted molar refractivity (Wildman–Crippen MR) is 86.7 cm³/mol. The number of halogens is 3. The number of alkyl halides is 1. The van der Waals surface area contributed by atoms with Gasteiger partial charge < -0.3 is 5.32 Å². The molecule has 0 aromatic carbocycles. The van der Waals surface area contributed by atoms with E-state index in [4.69, 9.17) is 0 Å². The first-order valence-electron chi connectivity index (χ1n) is 5.95. The van der Waals surface area contributed by atoms with Crippen molar-refractivity contribution in [2.24, 2.45) is 5.92 Å². The second-order valence-electron chi connectivity index (χ2n) is 4.51. The highest BCUT2D eigenvalue weighted by atomic mass is 79.9. The van der Waals surface area contributed by atoms with E-state index in [1.807, 2.05) is 6.07 Å². The zero-order valence-electron chi connectivity index (χ0n) is 9.72. The average Bonchev–Trinajstić information content (AvgIpc) is 2.67. The molecule has 0 radical (unpaired) electrons. The van der Waals surface area contributed by atoms with Gasteiger partial charge in [0.05, 0.1) is 13.1 Å². The summed E-state index contributed by atoms with van der Waals surface area (Å²) in [5.74, 6) is 0.567. The summed E-state index contributed by atoms with van der Waals surface area (Å²) >= 11 is 12.0. The molecule has 6 heteroatoms. The Morgan fingerprint density at radius 2 is 2.11 bits per heavy atom. The third-order valence-electron chi connectivity index (χ3n) is 3.24. The number of hydrogen-bond acceptors (Lipinski definition) is 2. The minimum absolute atomic E-state index is 0.00842. The molecule has 1 aromatic heterocycles. The number of amides is 1. The zero-order chi connectivity index (χ0) is 13.1. The first kappa shape index (κ1) is 15.0.